The predicted octanol–water partition coefficient (Wildman–Crippen LogP) is 1.67. The fourth-order valence-corrected chi connectivity index (χ4v) is 2.55. The molecule has 0 saturated heterocycles. The Labute approximate surface area is 125 Å². The third-order valence-corrected chi connectivity index (χ3v) is 3.53. The smallest absolute Gasteiger partial charge is 0.323 e. The molecule has 1 saturated carbocycles. The Morgan fingerprint density at radius 2 is 1.90 bits per heavy atom. The molecule has 7 heteroatoms. The van der Waals surface area contributed by atoms with Gasteiger partial charge in [0.25, 0.3) is 0 Å². The van der Waals surface area contributed by atoms with E-state index in [-0.39, 0.29) is 6.10 Å². The Balaban J connectivity index is 1.97. The van der Waals surface area contributed by atoms with Gasteiger partial charge in [-0.05, 0) is 39.0 Å². The van der Waals surface area contributed by atoms with Crippen LogP contribution in [0.25, 0.3) is 0 Å². The first-order valence-electron chi connectivity index (χ1n) is 7.76. The highest BCUT2D eigenvalue weighted by Gasteiger charge is 2.20. The number of rotatable bonds is 7. The predicted molar refractivity (Wildman–Crippen MR) is 81.6 cm³/mol. The zero-order valence-electron chi connectivity index (χ0n) is 12.8. The quantitative estimate of drug-likeness (QED) is 0.704. The van der Waals surface area contributed by atoms with Crippen LogP contribution in [-0.2, 0) is 0 Å². The SMILES string of the molecule is CCNc1nc(NCC2CCCC(O)C2)nc(OCC)n1. The Hall–Kier alpha value is -1.63. The van der Waals surface area contributed by atoms with Crippen LogP contribution in [0, 0.1) is 5.92 Å². The summed E-state index contributed by atoms with van der Waals surface area (Å²) >= 11 is 0. The molecule has 21 heavy (non-hydrogen) atoms. The Morgan fingerprint density at radius 3 is 2.57 bits per heavy atom. The van der Waals surface area contributed by atoms with Crippen molar-refractivity contribution in [2.75, 3.05) is 30.3 Å². The van der Waals surface area contributed by atoms with Gasteiger partial charge in [-0.3, -0.25) is 0 Å². The standard InChI is InChI=1S/C14H25N5O2/c1-3-15-12-17-13(19-14(18-12)21-4-2)16-9-10-6-5-7-11(20)8-10/h10-11,20H,3-9H2,1-2H3,(H2,15,16,17,18,19). The number of hydrogen-bond acceptors (Lipinski definition) is 7. The maximum absolute atomic E-state index is 9.71. The van der Waals surface area contributed by atoms with Crippen LogP contribution in [0.3, 0.4) is 0 Å². The van der Waals surface area contributed by atoms with Crippen LogP contribution in [0.15, 0.2) is 0 Å². The number of nitrogens with zero attached hydrogens (tertiary/aromatic N) is 3. The van der Waals surface area contributed by atoms with Gasteiger partial charge in [-0.1, -0.05) is 6.42 Å². The van der Waals surface area contributed by atoms with Gasteiger partial charge in [-0.25, -0.2) is 0 Å². The molecule has 0 radical (unpaired) electrons. The summed E-state index contributed by atoms with van der Waals surface area (Å²) < 4.78 is 5.36. The minimum Gasteiger partial charge on any atom is -0.464 e. The second-order valence-corrected chi connectivity index (χ2v) is 5.30. The van der Waals surface area contributed by atoms with E-state index in [9.17, 15) is 5.11 Å². The largest absolute Gasteiger partial charge is 0.464 e. The van der Waals surface area contributed by atoms with Gasteiger partial charge in [-0.15, -0.1) is 0 Å². The molecule has 0 aliphatic heterocycles. The van der Waals surface area contributed by atoms with Crippen molar-refractivity contribution in [3.8, 4) is 6.01 Å². The van der Waals surface area contributed by atoms with Crippen molar-refractivity contribution in [1.29, 1.82) is 0 Å². The summed E-state index contributed by atoms with van der Waals surface area (Å²) in [6, 6.07) is 0.328. The van der Waals surface area contributed by atoms with Gasteiger partial charge in [0, 0.05) is 13.1 Å². The van der Waals surface area contributed by atoms with E-state index in [1.165, 1.54) is 0 Å². The molecule has 1 aromatic rings. The summed E-state index contributed by atoms with van der Waals surface area (Å²) in [5.41, 5.74) is 0. The molecule has 1 aromatic heterocycles. The molecule has 1 fully saturated rings. The fraction of sp³-hybridized carbons (Fsp3) is 0.786. The van der Waals surface area contributed by atoms with Gasteiger partial charge < -0.3 is 20.5 Å². The topological polar surface area (TPSA) is 92.2 Å². The van der Waals surface area contributed by atoms with Gasteiger partial charge in [0.05, 0.1) is 12.7 Å². The van der Waals surface area contributed by atoms with Crippen LogP contribution in [-0.4, -0.2) is 45.9 Å². The number of hydrogen-bond donors (Lipinski definition) is 3. The van der Waals surface area contributed by atoms with Crippen molar-refractivity contribution in [2.24, 2.45) is 5.92 Å². The van der Waals surface area contributed by atoms with Crippen molar-refractivity contribution in [1.82, 2.24) is 15.0 Å². The first-order chi connectivity index (χ1) is 10.2. The van der Waals surface area contributed by atoms with E-state index in [1.54, 1.807) is 0 Å². The molecule has 1 heterocycles. The second kappa shape index (κ2) is 7.97. The summed E-state index contributed by atoms with van der Waals surface area (Å²) in [6.45, 7) is 5.90. The molecular formula is C14H25N5O2. The minimum absolute atomic E-state index is 0.166. The van der Waals surface area contributed by atoms with E-state index < -0.39 is 0 Å². The molecule has 0 bridgehead atoms. The van der Waals surface area contributed by atoms with E-state index in [4.69, 9.17) is 4.74 Å². The van der Waals surface area contributed by atoms with Gasteiger partial charge in [0.15, 0.2) is 0 Å². The van der Waals surface area contributed by atoms with Crippen LogP contribution in [0.5, 0.6) is 6.01 Å². The molecule has 0 amide bonds. The number of aromatic nitrogens is 3. The molecular weight excluding hydrogens is 270 g/mol. The van der Waals surface area contributed by atoms with Gasteiger partial charge >= 0.3 is 6.01 Å². The number of aliphatic hydroxyl groups excluding tert-OH is 1. The van der Waals surface area contributed by atoms with Crippen molar-refractivity contribution in [2.45, 2.75) is 45.6 Å². The lowest BCUT2D eigenvalue weighted by Gasteiger charge is -2.25. The normalized spacial score (nSPS) is 21.9. The average Bonchev–Trinajstić information content (AvgIpc) is 2.46. The lowest BCUT2D eigenvalue weighted by molar-refractivity contribution is 0.104. The lowest BCUT2D eigenvalue weighted by Crippen LogP contribution is -2.25. The van der Waals surface area contributed by atoms with Crippen molar-refractivity contribution < 1.29 is 9.84 Å². The minimum atomic E-state index is -0.166. The molecule has 1 aliphatic carbocycles. The van der Waals surface area contributed by atoms with Gasteiger partial charge in [0.2, 0.25) is 11.9 Å². The fourth-order valence-electron chi connectivity index (χ4n) is 2.55. The third kappa shape index (κ3) is 5.00. The lowest BCUT2D eigenvalue weighted by atomic mass is 9.87. The van der Waals surface area contributed by atoms with Crippen LogP contribution in [0.1, 0.15) is 39.5 Å². The first-order valence-corrected chi connectivity index (χ1v) is 7.76. The number of ether oxygens (including phenoxy) is 1. The van der Waals surface area contributed by atoms with E-state index in [0.717, 1.165) is 38.8 Å². The van der Waals surface area contributed by atoms with Crippen molar-refractivity contribution in [3.63, 3.8) is 0 Å². The van der Waals surface area contributed by atoms with Gasteiger partial charge in [0.1, 0.15) is 0 Å². The third-order valence-electron chi connectivity index (χ3n) is 3.53. The first kappa shape index (κ1) is 15.8. The molecule has 118 valence electrons. The molecule has 0 aromatic carbocycles. The van der Waals surface area contributed by atoms with Crippen LogP contribution in [0.2, 0.25) is 0 Å². The Morgan fingerprint density at radius 1 is 1.14 bits per heavy atom. The van der Waals surface area contributed by atoms with Crippen molar-refractivity contribution >= 4 is 11.9 Å². The Kier molecular flexibility index (Phi) is 5.98. The highest BCUT2D eigenvalue weighted by molar-refractivity contribution is 5.35. The summed E-state index contributed by atoms with van der Waals surface area (Å²) in [7, 11) is 0. The maximum Gasteiger partial charge on any atom is 0.323 e. The van der Waals surface area contributed by atoms with E-state index >= 15 is 0 Å². The second-order valence-electron chi connectivity index (χ2n) is 5.30. The number of nitrogens with one attached hydrogen (secondary N) is 2. The zero-order valence-corrected chi connectivity index (χ0v) is 12.8. The van der Waals surface area contributed by atoms with Crippen molar-refractivity contribution in [3.05, 3.63) is 0 Å². The summed E-state index contributed by atoms with van der Waals surface area (Å²) in [5.74, 6) is 1.50. The van der Waals surface area contributed by atoms with Crippen LogP contribution >= 0.6 is 0 Å². The summed E-state index contributed by atoms with van der Waals surface area (Å²) in [5, 5.41) is 16.0. The van der Waals surface area contributed by atoms with E-state index in [1.807, 2.05) is 13.8 Å². The van der Waals surface area contributed by atoms with Gasteiger partial charge in [-0.2, -0.15) is 15.0 Å². The average molecular weight is 295 g/mol. The molecule has 7 nitrogen and oxygen atoms in total. The molecule has 2 atom stereocenters. The van der Waals surface area contributed by atoms with Crippen LogP contribution < -0.4 is 15.4 Å². The van der Waals surface area contributed by atoms with E-state index in [0.29, 0.717) is 30.4 Å². The molecule has 2 rings (SSSR count). The highest BCUT2D eigenvalue weighted by atomic mass is 16.5. The summed E-state index contributed by atoms with van der Waals surface area (Å²) in [4.78, 5) is 12.8. The molecule has 0 spiro atoms. The monoisotopic (exact) mass is 295 g/mol. The Bertz CT molecular complexity index is 419. The number of aliphatic hydroxyl groups is 1. The zero-order chi connectivity index (χ0) is 15.1. The molecule has 1 aliphatic rings. The highest BCUT2D eigenvalue weighted by Crippen LogP contribution is 2.24. The number of anilines is 2. The van der Waals surface area contributed by atoms with Crippen LogP contribution in [0.4, 0.5) is 11.9 Å². The maximum atomic E-state index is 9.71. The molecule has 3 N–H and O–H groups in total. The molecule has 2 unspecified atom stereocenters. The summed E-state index contributed by atoms with van der Waals surface area (Å²) in [6.07, 6.45) is 3.81. The van der Waals surface area contributed by atoms with E-state index in [2.05, 4.69) is 25.6 Å².